The zero-order valence-corrected chi connectivity index (χ0v) is 19.5. The van der Waals surface area contributed by atoms with Crippen LogP contribution in [0.1, 0.15) is 64.4 Å². The van der Waals surface area contributed by atoms with Gasteiger partial charge in [0.2, 0.25) is 11.8 Å². The van der Waals surface area contributed by atoms with Crippen LogP contribution >= 0.6 is 0 Å². The van der Waals surface area contributed by atoms with Gasteiger partial charge in [0.1, 0.15) is 6.61 Å². The summed E-state index contributed by atoms with van der Waals surface area (Å²) in [6.07, 6.45) is 4.12. The number of halogens is 1. The van der Waals surface area contributed by atoms with Crippen LogP contribution in [0.5, 0.6) is 5.75 Å². The number of hydrogen-bond acceptors (Lipinski definition) is 6. The summed E-state index contributed by atoms with van der Waals surface area (Å²) in [4.78, 5) is 22.8. The quantitative estimate of drug-likeness (QED) is 0.360. The predicted molar refractivity (Wildman–Crippen MR) is 117 cm³/mol. The van der Waals surface area contributed by atoms with Crippen LogP contribution in [0.2, 0.25) is 0 Å². The number of ether oxygens (including phenoxy) is 1. The highest BCUT2D eigenvalue weighted by Gasteiger charge is 2.47. The molecule has 2 aliphatic rings. The number of sulfone groups is 1. The maximum Gasteiger partial charge on any atom is 0.230 e. The van der Waals surface area contributed by atoms with Gasteiger partial charge in [-0.3, -0.25) is 14.9 Å². The highest BCUT2D eigenvalue weighted by atomic mass is 32.2. The maximum absolute atomic E-state index is 14.1. The largest absolute Gasteiger partial charge is 0.488 e. The van der Waals surface area contributed by atoms with Gasteiger partial charge >= 0.3 is 0 Å². The molecular weight excluding hydrogens is 437 g/mol. The standard InChI is InChI=1S/C23H32FNO6S/c1-22(2,28)14-31-19-13-17(7-8-18(19)24)23(9-10-23)15-32(29,30)11-5-3-4-6-16-12-20(26)25-21(16)27/h7-8,13,16,28H,3-6,9-12,14-15H2,1-2H3,(H,25,26,27). The molecule has 1 saturated carbocycles. The lowest BCUT2D eigenvalue weighted by molar-refractivity contribution is -0.125. The van der Waals surface area contributed by atoms with Crippen molar-refractivity contribution in [3.8, 4) is 5.75 Å². The summed E-state index contributed by atoms with van der Waals surface area (Å²) in [6, 6.07) is 4.45. The number of amides is 2. The predicted octanol–water partition coefficient (Wildman–Crippen LogP) is 2.64. The van der Waals surface area contributed by atoms with Crippen LogP contribution in [-0.2, 0) is 24.8 Å². The van der Waals surface area contributed by atoms with Crippen molar-refractivity contribution >= 4 is 21.7 Å². The number of hydrogen-bond donors (Lipinski definition) is 2. The molecule has 2 amide bonds. The monoisotopic (exact) mass is 469 g/mol. The molecule has 0 bridgehead atoms. The number of aliphatic hydroxyl groups is 1. The second kappa shape index (κ2) is 9.47. The number of imide groups is 1. The Morgan fingerprint density at radius 1 is 1.22 bits per heavy atom. The molecule has 1 aromatic carbocycles. The van der Waals surface area contributed by atoms with Gasteiger partial charge in [0.25, 0.3) is 0 Å². The average molecular weight is 470 g/mol. The van der Waals surface area contributed by atoms with Crippen molar-refractivity contribution in [3.05, 3.63) is 29.6 Å². The van der Waals surface area contributed by atoms with E-state index in [1.807, 2.05) is 0 Å². The molecule has 2 N–H and O–H groups in total. The summed E-state index contributed by atoms with van der Waals surface area (Å²) in [5.74, 6) is -1.23. The van der Waals surface area contributed by atoms with E-state index in [2.05, 4.69) is 5.32 Å². The molecule has 2 fully saturated rings. The molecule has 1 atom stereocenters. The summed E-state index contributed by atoms with van der Waals surface area (Å²) in [5, 5.41) is 12.1. The normalized spacial score (nSPS) is 20.3. The van der Waals surface area contributed by atoms with Gasteiger partial charge in [0.05, 0.1) is 17.1 Å². The summed E-state index contributed by atoms with van der Waals surface area (Å²) in [5.41, 5.74) is -0.882. The first-order valence-electron chi connectivity index (χ1n) is 11.1. The van der Waals surface area contributed by atoms with Crippen LogP contribution in [0.4, 0.5) is 4.39 Å². The lowest BCUT2D eigenvalue weighted by Crippen LogP contribution is -2.28. The van der Waals surface area contributed by atoms with Gasteiger partial charge in [-0.15, -0.1) is 0 Å². The second-order valence-electron chi connectivity index (χ2n) is 9.78. The molecule has 9 heteroatoms. The fourth-order valence-corrected chi connectivity index (χ4v) is 6.17. The minimum atomic E-state index is -3.31. The third-order valence-electron chi connectivity index (χ3n) is 6.05. The third kappa shape index (κ3) is 6.75. The molecule has 1 heterocycles. The van der Waals surface area contributed by atoms with Gasteiger partial charge < -0.3 is 9.84 Å². The Hall–Kier alpha value is -2.00. The summed E-state index contributed by atoms with van der Waals surface area (Å²) >= 11 is 0. The van der Waals surface area contributed by atoms with Crippen LogP contribution in [-0.4, -0.2) is 49.1 Å². The zero-order valence-electron chi connectivity index (χ0n) is 18.7. The van der Waals surface area contributed by atoms with Crippen LogP contribution < -0.4 is 10.1 Å². The third-order valence-corrected chi connectivity index (χ3v) is 7.95. The number of carbonyl (C=O) groups excluding carboxylic acids is 2. The molecule has 7 nitrogen and oxygen atoms in total. The number of rotatable bonds is 12. The van der Waals surface area contributed by atoms with Crippen molar-refractivity contribution in [1.82, 2.24) is 5.32 Å². The van der Waals surface area contributed by atoms with E-state index in [4.69, 9.17) is 4.74 Å². The van der Waals surface area contributed by atoms with Crippen molar-refractivity contribution in [2.75, 3.05) is 18.1 Å². The SMILES string of the molecule is CC(C)(O)COc1cc(C2(CS(=O)(=O)CCCCCC3CC(=O)NC3=O)CC2)ccc1F. The minimum Gasteiger partial charge on any atom is -0.488 e. The molecule has 0 radical (unpaired) electrons. The van der Waals surface area contributed by atoms with E-state index in [9.17, 15) is 27.5 Å². The van der Waals surface area contributed by atoms with Gasteiger partial charge in [-0.25, -0.2) is 12.8 Å². The molecule has 1 aromatic rings. The molecule has 1 unspecified atom stereocenters. The molecule has 0 spiro atoms. The lowest BCUT2D eigenvalue weighted by Gasteiger charge is -2.20. The van der Waals surface area contributed by atoms with Gasteiger partial charge in [0.15, 0.2) is 21.4 Å². The number of benzene rings is 1. The van der Waals surface area contributed by atoms with Crippen LogP contribution in [0.25, 0.3) is 0 Å². The van der Waals surface area contributed by atoms with Crippen LogP contribution in [0.15, 0.2) is 18.2 Å². The van der Waals surface area contributed by atoms with E-state index in [1.165, 1.54) is 6.07 Å². The molecule has 178 valence electrons. The summed E-state index contributed by atoms with van der Waals surface area (Å²) in [7, 11) is -3.31. The fourth-order valence-electron chi connectivity index (χ4n) is 4.09. The Morgan fingerprint density at radius 3 is 2.53 bits per heavy atom. The van der Waals surface area contributed by atoms with Gasteiger partial charge in [0, 0.05) is 17.8 Å². The fraction of sp³-hybridized carbons (Fsp3) is 0.652. The lowest BCUT2D eigenvalue weighted by atomic mass is 9.98. The summed E-state index contributed by atoms with van der Waals surface area (Å²) in [6.45, 7) is 3.05. The van der Waals surface area contributed by atoms with E-state index in [0.29, 0.717) is 38.5 Å². The van der Waals surface area contributed by atoms with Crippen molar-refractivity contribution in [3.63, 3.8) is 0 Å². The van der Waals surface area contributed by atoms with Crippen LogP contribution in [0.3, 0.4) is 0 Å². The van der Waals surface area contributed by atoms with Crippen molar-refractivity contribution in [1.29, 1.82) is 0 Å². The van der Waals surface area contributed by atoms with E-state index < -0.39 is 26.7 Å². The number of unbranched alkanes of at least 4 members (excludes halogenated alkanes) is 2. The molecule has 1 aliphatic heterocycles. The first-order valence-corrected chi connectivity index (χ1v) is 12.9. The van der Waals surface area contributed by atoms with E-state index in [-0.39, 0.29) is 48.0 Å². The Morgan fingerprint density at radius 2 is 1.94 bits per heavy atom. The van der Waals surface area contributed by atoms with Crippen LogP contribution in [0, 0.1) is 11.7 Å². The average Bonchev–Trinajstić information content (AvgIpc) is 3.37. The number of carbonyl (C=O) groups is 2. The first kappa shape index (κ1) is 24.6. The van der Waals surface area contributed by atoms with E-state index in [1.54, 1.807) is 26.0 Å². The summed E-state index contributed by atoms with van der Waals surface area (Å²) < 4.78 is 45.0. The topological polar surface area (TPSA) is 110 Å². The minimum absolute atomic E-state index is 0.0100. The van der Waals surface area contributed by atoms with Crippen molar-refractivity contribution in [2.24, 2.45) is 5.92 Å². The van der Waals surface area contributed by atoms with E-state index >= 15 is 0 Å². The first-order chi connectivity index (χ1) is 14.9. The Balaban J connectivity index is 1.51. The molecule has 32 heavy (non-hydrogen) atoms. The maximum atomic E-state index is 14.1. The molecule has 3 rings (SSSR count). The Labute approximate surface area is 188 Å². The van der Waals surface area contributed by atoms with Gasteiger partial charge in [-0.05, 0) is 57.2 Å². The molecule has 0 aromatic heterocycles. The zero-order chi connectivity index (χ0) is 23.6. The van der Waals surface area contributed by atoms with Crippen molar-refractivity contribution < 1.29 is 32.2 Å². The molecular formula is C23H32FNO6S. The van der Waals surface area contributed by atoms with Gasteiger partial charge in [-0.2, -0.15) is 0 Å². The smallest absolute Gasteiger partial charge is 0.230 e. The van der Waals surface area contributed by atoms with E-state index in [0.717, 1.165) is 5.56 Å². The Bertz CT molecular complexity index is 965. The highest BCUT2D eigenvalue weighted by molar-refractivity contribution is 7.91. The second-order valence-corrected chi connectivity index (χ2v) is 12.0. The number of nitrogens with one attached hydrogen (secondary N) is 1. The molecule has 1 aliphatic carbocycles. The van der Waals surface area contributed by atoms with Crippen molar-refractivity contribution in [2.45, 2.75) is 69.8 Å². The Kier molecular flexibility index (Phi) is 7.29. The van der Waals surface area contributed by atoms with Gasteiger partial charge in [-0.1, -0.05) is 18.9 Å². The molecule has 1 saturated heterocycles. The highest BCUT2D eigenvalue weighted by Crippen LogP contribution is 2.50.